The van der Waals surface area contributed by atoms with Crippen LogP contribution in [-0.4, -0.2) is 33.6 Å². The zero-order chi connectivity index (χ0) is 20.6. The number of hydrogen-bond acceptors (Lipinski definition) is 4. The van der Waals surface area contributed by atoms with E-state index >= 15 is 0 Å². The van der Waals surface area contributed by atoms with Gasteiger partial charge in [-0.2, -0.15) is 0 Å². The Labute approximate surface area is 182 Å². The number of thioether (sulfide) groups is 1. The summed E-state index contributed by atoms with van der Waals surface area (Å²) in [6.07, 6.45) is 10.8. The van der Waals surface area contributed by atoms with Crippen LogP contribution < -0.4 is 5.32 Å². The highest BCUT2D eigenvalue weighted by molar-refractivity contribution is 8.26. The van der Waals surface area contributed by atoms with E-state index in [2.05, 4.69) is 5.32 Å². The maximum absolute atomic E-state index is 12.7. The van der Waals surface area contributed by atoms with Gasteiger partial charge in [-0.25, -0.2) is 0 Å². The predicted octanol–water partition coefficient (Wildman–Crippen LogP) is 5.06. The Morgan fingerprint density at radius 3 is 2.69 bits per heavy atom. The lowest BCUT2D eigenvalue weighted by Crippen LogP contribution is -2.36. The van der Waals surface area contributed by atoms with Crippen molar-refractivity contribution in [2.24, 2.45) is 0 Å². The SMILES string of the molecule is CC(=Cc1ccccc1)C=C1SC(=S)N(CCCC(=O)NC2CCCCC2)C1=O. The molecule has 2 fully saturated rings. The number of thiocarbonyl (C=S) groups is 1. The van der Waals surface area contributed by atoms with E-state index in [1.165, 1.54) is 31.0 Å². The lowest BCUT2D eigenvalue weighted by molar-refractivity contribution is -0.124. The number of allylic oxidation sites excluding steroid dienone is 2. The third kappa shape index (κ3) is 6.54. The summed E-state index contributed by atoms with van der Waals surface area (Å²) in [4.78, 5) is 27.1. The number of carbonyl (C=O) groups excluding carboxylic acids is 2. The molecular formula is C23H28N2O2S2. The first kappa shape index (κ1) is 21.8. The summed E-state index contributed by atoms with van der Waals surface area (Å²) in [6, 6.07) is 10.3. The summed E-state index contributed by atoms with van der Waals surface area (Å²) < 4.78 is 0.571. The van der Waals surface area contributed by atoms with Crippen LogP contribution in [-0.2, 0) is 9.59 Å². The van der Waals surface area contributed by atoms with Crippen LogP contribution in [0.3, 0.4) is 0 Å². The van der Waals surface area contributed by atoms with E-state index in [0.29, 0.717) is 34.7 Å². The molecule has 1 aromatic rings. The minimum absolute atomic E-state index is 0.0616. The standard InChI is InChI=1S/C23H28N2O2S2/c1-17(15-18-9-4-2-5-10-18)16-20-22(27)25(23(28)29-20)14-8-13-21(26)24-19-11-6-3-7-12-19/h2,4-5,9-10,15-16,19H,3,6-8,11-14H2,1H3,(H,24,26). The lowest BCUT2D eigenvalue weighted by atomic mass is 9.95. The van der Waals surface area contributed by atoms with Crippen LogP contribution in [0.1, 0.15) is 57.4 Å². The summed E-state index contributed by atoms with van der Waals surface area (Å²) in [6.45, 7) is 2.47. The smallest absolute Gasteiger partial charge is 0.266 e. The number of nitrogens with one attached hydrogen (secondary N) is 1. The molecule has 1 aliphatic carbocycles. The number of carbonyl (C=O) groups is 2. The monoisotopic (exact) mass is 428 g/mol. The normalized spacial score (nSPS) is 19.8. The third-order valence-corrected chi connectivity index (χ3v) is 6.56. The summed E-state index contributed by atoms with van der Waals surface area (Å²) >= 11 is 6.73. The molecule has 1 heterocycles. The maximum Gasteiger partial charge on any atom is 0.266 e. The Kier molecular flexibility index (Phi) is 8.07. The quantitative estimate of drug-likeness (QED) is 0.487. The van der Waals surface area contributed by atoms with Gasteiger partial charge >= 0.3 is 0 Å². The van der Waals surface area contributed by atoms with E-state index < -0.39 is 0 Å². The molecule has 0 spiro atoms. The fourth-order valence-corrected chi connectivity index (χ4v) is 5.06. The van der Waals surface area contributed by atoms with Gasteiger partial charge in [-0.05, 0) is 43.4 Å². The molecule has 0 bridgehead atoms. The van der Waals surface area contributed by atoms with Gasteiger partial charge in [-0.3, -0.25) is 14.5 Å². The fraction of sp³-hybridized carbons (Fsp3) is 0.435. The molecule has 1 aromatic carbocycles. The highest BCUT2D eigenvalue weighted by Crippen LogP contribution is 2.32. The van der Waals surface area contributed by atoms with E-state index in [1.807, 2.05) is 49.4 Å². The summed E-state index contributed by atoms with van der Waals surface area (Å²) in [5, 5.41) is 3.13. The molecule has 0 unspecified atom stereocenters. The number of benzene rings is 1. The first-order chi connectivity index (χ1) is 14.0. The van der Waals surface area contributed by atoms with E-state index in [-0.39, 0.29) is 11.8 Å². The van der Waals surface area contributed by atoms with Gasteiger partial charge in [-0.1, -0.05) is 79.7 Å². The molecule has 2 aliphatic rings. The van der Waals surface area contributed by atoms with Crippen molar-refractivity contribution in [2.75, 3.05) is 6.54 Å². The van der Waals surface area contributed by atoms with Crippen molar-refractivity contribution in [3.63, 3.8) is 0 Å². The summed E-state index contributed by atoms with van der Waals surface area (Å²) in [5.74, 6) is 0.0213. The van der Waals surface area contributed by atoms with Gasteiger partial charge in [0, 0.05) is 19.0 Å². The minimum atomic E-state index is -0.0616. The zero-order valence-corrected chi connectivity index (χ0v) is 18.5. The van der Waals surface area contributed by atoms with Crippen molar-refractivity contribution >= 4 is 46.2 Å². The van der Waals surface area contributed by atoms with Gasteiger partial charge < -0.3 is 5.32 Å². The number of amides is 2. The Hall–Kier alpha value is -1.92. The highest BCUT2D eigenvalue weighted by Gasteiger charge is 2.31. The van der Waals surface area contributed by atoms with Crippen molar-refractivity contribution in [1.29, 1.82) is 0 Å². The second kappa shape index (κ2) is 10.7. The molecule has 1 aliphatic heterocycles. The predicted molar refractivity (Wildman–Crippen MR) is 124 cm³/mol. The molecule has 1 saturated carbocycles. The Bertz CT molecular complexity index is 811. The van der Waals surface area contributed by atoms with Gasteiger partial charge in [0.05, 0.1) is 4.91 Å². The van der Waals surface area contributed by atoms with Gasteiger partial charge in [0.1, 0.15) is 4.32 Å². The van der Waals surface area contributed by atoms with Crippen LogP contribution >= 0.6 is 24.0 Å². The fourth-order valence-electron chi connectivity index (χ4n) is 3.70. The maximum atomic E-state index is 12.7. The summed E-state index contributed by atoms with van der Waals surface area (Å²) in [5.41, 5.74) is 2.10. The van der Waals surface area contributed by atoms with Gasteiger partial charge in [0.25, 0.3) is 5.91 Å². The van der Waals surface area contributed by atoms with E-state index in [4.69, 9.17) is 12.2 Å². The molecule has 2 amide bonds. The largest absolute Gasteiger partial charge is 0.353 e. The zero-order valence-electron chi connectivity index (χ0n) is 16.9. The first-order valence-electron chi connectivity index (χ1n) is 10.3. The number of rotatable bonds is 7. The van der Waals surface area contributed by atoms with Crippen LogP contribution in [0.25, 0.3) is 6.08 Å². The molecule has 1 N–H and O–H groups in total. The van der Waals surface area contributed by atoms with Gasteiger partial charge in [0.2, 0.25) is 5.91 Å². The third-order valence-electron chi connectivity index (χ3n) is 5.18. The second-order valence-corrected chi connectivity index (χ2v) is 9.31. The lowest BCUT2D eigenvalue weighted by Gasteiger charge is -2.23. The molecule has 154 valence electrons. The Morgan fingerprint density at radius 1 is 1.24 bits per heavy atom. The molecule has 6 heteroatoms. The molecule has 4 nitrogen and oxygen atoms in total. The molecule has 0 atom stereocenters. The Balaban J connectivity index is 1.49. The van der Waals surface area contributed by atoms with Gasteiger partial charge in [-0.15, -0.1) is 0 Å². The summed E-state index contributed by atoms with van der Waals surface area (Å²) in [7, 11) is 0. The van der Waals surface area contributed by atoms with Crippen LogP contribution in [0.15, 0.2) is 46.9 Å². The van der Waals surface area contributed by atoms with Crippen LogP contribution in [0.4, 0.5) is 0 Å². The molecule has 0 radical (unpaired) electrons. The van der Waals surface area contributed by atoms with E-state index in [0.717, 1.165) is 24.0 Å². The van der Waals surface area contributed by atoms with Crippen LogP contribution in [0.5, 0.6) is 0 Å². The van der Waals surface area contributed by atoms with Crippen molar-refractivity contribution in [1.82, 2.24) is 10.2 Å². The van der Waals surface area contributed by atoms with Crippen molar-refractivity contribution < 1.29 is 9.59 Å². The van der Waals surface area contributed by atoms with Crippen molar-refractivity contribution in [3.8, 4) is 0 Å². The average molecular weight is 429 g/mol. The highest BCUT2D eigenvalue weighted by atomic mass is 32.2. The first-order valence-corrected chi connectivity index (χ1v) is 11.5. The molecule has 1 saturated heterocycles. The molecule has 0 aromatic heterocycles. The second-order valence-electron chi connectivity index (χ2n) is 7.64. The average Bonchev–Trinajstić information content (AvgIpc) is 2.96. The number of hydrogen-bond donors (Lipinski definition) is 1. The number of nitrogens with zero attached hydrogens (tertiary/aromatic N) is 1. The molecule has 3 rings (SSSR count). The van der Waals surface area contributed by atoms with E-state index in [9.17, 15) is 9.59 Å². The van der Waals surface area contributed by atoms with Crippen LogP contribution in [0.2, 0.25) is 0 Å². The van der Waals surface area contributed by atoms with E-state index in [1.54, 1.807) is 4.90 Å². The van der Waals surface area contributed by atoms with Crippen molar-refractivity contribution in [3.05, 3.63) is 52.4 Å². The van der Waals surface area contributed by atoms with Crippen molar-refractivity contribution in [2.45, 2.75) is 57.9 Å². The van der Waals surface area contributed by atoms with Gasteiger partial charge in [0.15, 0.2) is 0 Å². The molecule has 29 heavy (non-hydrogen) atoms. The van der Waals surface area contributed by atoms with Crippen LogP contribution in [0, 0.1) is 0 Å². The molecular weight excluding hydrogens is 400 g/mol. The topological polar surface area (TPSA) is 49.4 Å². The Morgan fingerprint density at radius 2 is 1.97 bits per heavy atom. The minimum Gasteiger partial charge on any atom is -0.353 e.